The van der Waals surface area contributed by atoms with E-state index in [4.69, 9.17) is 12.2 Å². The molecule has 4 heteroatoms. The van der Waals surface area contributed by atoms with Crippen LogP contribution in [0.2, 0.25) is 0 Å². The zero-order chi connectivity index (χ0) is 10.7. The van der Waals surface area contributed by atoms with E-state index in [1.54, 1.807) is 11.0 Å². The van der Waals surface area contributed by atoms with Gasteiger partial charge in [-0.15, -0.1) is 6.58 Å². The third-order valence-electron chi connectivity index (χ3n) is 2.58. The first-order chi connectivity index (χ1) is 6.61. The predicted molar refractivity (Wildman–Crippen MR) is 60.9 cm³/mol. The molecule has 1 amide bonds. The van der Waals surface area contributed by atoms with Crippen LogP contribution in [0.5, 0.6) is 0 Å². The van der Waals surface area contributed by atoms with Crippen molar-refractivity contribution >= 4 is 23.2 Å². The zero-order valence-corrected chi connectivity index (χ0v) is 9.43. The standard InChI is InChI=1S/C10H16N2OS/c1-4-6-12-9(13)8(7(3)5-2)11-10(12)14/h4,7-8H,1,5-6H2,2-3H3,(H,11,14)/t7-,8-/m1/s1. The summed E-state index contributed by atoms with van der Waals surface area (Å²) in [6, 6.07) is -0.146. The molecule has 0 aliphatic carbocycles. The Bertz CT molecular complexity index is 265. The fourth-order valence-corrected chi connectivity index (χ4v) is 1.76. The largest absolute Gasteiger partial charge is 0.350 e. The number of hydrogen-bond acceptors (Lipinski definition) is 2. The quantitative estimate of drug-likeness (QED) is 0.563. The summed E-state index contributed by atoms with van der Waals surface area (Å²) in [5.41, 5.74) is 0. The van der Waals surface area contributed by atoms with Crippen LogP contribution in [0.25, 0.3) is 0 Å². The molecule has 1 fully saturated rings. The van der Waals surface area contributed by atoms with Gasteiger partial charge < -0.3 is 5.32 Å². The fraction of sp³-hybridized carbons (Fsp3) is 0.600. The van der Waals surface area contributed by atoms with Crippen molar-refractivity contribution in [3.8, 4) is 0 Å². The smallest absolute Gasteiger partial charge is 0.251 e. The number of rotatable bonds is 4. The lowest BCUT2D eigenvalue weighted by Crippen LogP contribution is -2.35. The van der Waals surface area contributed by atoms with Crippen LogP contribution in [-0.4, -0.2) is 28.5 Å². The molecule has 1 aliphatic heterocycles. The molecule has 2 atom stereocenters. The van der Waals surface area contributed by atoms with Crippen molar-refractivity contribution in [3.05, 3.63) is 12.7 Å². The zero-order valence-electron chi connectivity index (χ0n) is 8.62. The Hall–Kier alpha value is -0.900. The van der Waals surface area contributed by atoms with Crippen LogP contribution in [0.4, 0.5) is 0 Å². The van der Waals surface area contributed by atoms with Crippen molar-refractivity contribution in [2.45, 2.75) is 26.3 Å². The lowest BCUT2D eigenvalue weighted by Gasteiger charge is -2.15. The topological polar surface area (TPSA) is 32.3 Å². The monoisotopic (exact) mass is 212 g/mol. The Balaban J connectivity index is 2.73. The van der Waals surface area contributed by atoms with Gasteiger partial charge in [0.05, 0.1) is 0 Å². The number of nitrogens with zero attached hydrogens (tertiary/aromatic N) is 1. The summed E-state index contributed by atoms with van der Waals surface area (Å²) < 4.78 is 0. The Morgan fingerprint density at radius 1 is 1.79 bits per heavy atom. The maximum Gasteiger partial charge on any atom is 0.251 e. The van der Waals surface area contributed by atoms with Crippen LogP contribution < -0.4 is 5.32 Å². The first kappa shape index (κ1) is 11.2. The van der Waals surface area contributed by atoms with E-state index < -0.39 is 0 Å². The highest BCUT2D eigenvalue weighted by Gasteiger charge is 2.37. The molecule has 0 radical (unpaired) electrons. The minimum atomic E-state index is -0.146. The first-order valence-corrected chi connectivity index (χ1v) is 5.25. The Morgan fingerprint density at radius 2 is 2.43 bits per heavy atom. The van der Waals surface area contributed by atoms with Crippen LogP contribution in [0.1, 0.15) is 20.3 Å². The van der Waals surface area contributed by atoms with Crippen molar-refractivity contribution in [2.24, 2.45) is 5.92 Å². The third-order valence-corrected chi connectivity index (χ3v) is 2.92. The number of nitrogens with one attached hydrogen (secondary N) is 1. The third kappa shape index (κ3) is 1.95. The van der Waals surface area contributed by atoms with Crippen LogP contribution in [0, 0.1) is 5.92 Å². The molecule has 1 aliphatic rings. The molecule has 78 valence electrons. The molecule has 0 aromatic heterocycles. The number of carbonyl (C=O) groups excluding carboxylic acids is 1. The van der Waals surface area contributed by atoms with Gasteiger partial charge in [0.1, 0.15) is 6.04 Å². The molecule has 0 spiro atoms. The van der Waals surface area contributed by atoms with Gasteiger partial charge in [0, 0.05) is 6.54 Å². The lowest BCUT2D eigenvalue weighted by molar-refractivity contribution is -0.127. The molecule has 0 saturated carbocycles. The molecule has 14 heavy (non-hydrogen) atoms. The summed E-state index contributed by atoms with van der Waals surface area (Å²) >= 11 is 5.07. The van der Waals surface area contributed by atoms with Gasteiger partial charge in [0.25, 0.3) is 5.91 Å². The van der Waals surface area contributed by atoms with E-state index >= 15 is 0 Å². The van der Waals surface area contributed by atoms with Gasteiger partial charge >= 0.3 is 0 Å². The normalized spacial score (nSPS) is 23.6. The maximum absolute atomic E-state index is 11.8. The van der Waals surface area contributed by atoms with Crippen LogP contribution >= 0.6 is 12.2 Å². The van der Waals surface area contributed by atoms with Gasteiger partial charge in [-0.2, -0.15) is 0 Å². The van der Waals surface area contributed by atoms with Crippen LogP contribution in [-0.2, 0) is 4.79 Å². The molecule has 0 aromatic rings. The average molecular weight is 212 g/mol. The maximum atomic E-state index is 11.8. The van der Waals surface area contributed by atoms with E-state index in [1.165, 1.54) is 0 Å². The van der Waals surface area contributed by atoms with Gasteiger partial charge in [-0.1, -0.05) is 26.3 Å². The minimum absolute atomic E-state index is 0.0734. The SMILES string of the molecule is C=CCN1C(=O)[C@@H]([C@H](C)CC)NC1=S. The van der Waals surface area contributed by atoms with E-state index in [0.717, 1.165) is 6.42 Å². The van der Waals surface area contributed by atoms with Gasteiger partial charge in [-0.3, -0.25) is 9.69 Å². The number of hydrogen-bond donors (Lipinski definition) is 1. The lowest BCUT2D eigenvalue weighted by atomic mass is 9.99. The van der Waals surface area contributed by atoms with Crippen molar-refractivity contribution in [3.63, 3.8) is 0 Å². The van der Waals surface area contributed by atoms with Gasteiger partial charge in [-0.25, -0.2) is 0 Å². The summed E-state index contributed by atoms with van der Waals surface area (Å²) in [4.78, 5) is 13.4. The van der Waals surface area contributed by atoms with Gasteiger partial charge in [0.15, 0.2) is 5.11 Å². The van der Waals surface area contributed by atoms with Crippen molar-refractivity contribution in [1.29, 1.82) is 0 Å². The second kappa shape index (κ2) is 4.55. The summed E-state index contributed by atoms with van der Waals surface area (Å²) in [6.45, 7) is 8.22. The predicted octanol–water partition coefficient (Wildman–Crippen LogP) is 1.30. The first-order valence-electron chi connectivity index (χ1n) is 4.84. The number of carbonyl (C=O) groups is 1. The summed E-state index contributed by atoms with van der Waals surface area (Å²) in [7, 11) is 0. The highest BCUT2D eigenvalue weighted by Crippen LogP contribution is 2.16. The summed E-state index contributed by atoms with van der Waals surface area (Å²) in [5.74, 6) is 0.388. The second-order valence-corrected chi connectivity index (χ2v) is 3.94. The van der Waals surface area contributed by atoms with E-state index in [2.05, 4.69) is 25.7 Å². The molecule has 1 saturated heterocycles. The number of amides is 1. The van der Waals surface area contributed by atoms with Gasteiger partial charge in [0.2, 0.25) is 0 Å². The molecule has 1 N–H and O–H groups in total. The summed E-state index contributed by atoms with van der Waals surface area (Å²) in [6.07, 6.45) is 2.65. The Labute approximate surface area is 90.2 Å². The van der Waals surface area contributed by atoms with E-state index in [-0.39, 0.29) is 11.9 Å². The molecule has 3 nitrogen and oxygen atoms in total. The second-order valence-electron chi connectivity index (χ2n) is 3.55. The Kier molecular flexibility index (Phi) is 3.63. The molecule has 1 rings (SSSR count). The van der Waals surface area contributed by atoms with Crippen LogP contribution in [0.15, 0.2) is 12.7 Å². The van der Waals surface area contributed by atoms with Crippen molar-refractivity contribution in [2.75, 3.05) is 6.54 Å². The van der Waals surface area contributed by atoms with E-state index in [1.807, 2.05) is 0 Å². The number of thiocarbonyl (C=S) groups is 1. The molecule has 0 bridgehead atoms. The fourth-order valence-electron chi connectivity index (χ4n) is 1.46. The minimum Gasteiger partial charge on any atom is -0.350 e. The molecule has 1 heterocycles. The Morgan fingerprint density at radius 3 is 2.93 bits per heavy atom. The van der Waals surface area contributed by atoms with E-state index in [9.17, 15) is 4.79 Å². The highest BCUT2D eigenvalue weighted by atomic mass is 32.1. The van der Waals surface area contributed by atoms with Crippen LogP contribution in [0.3, 0.4) is 0 Å². The molecular formula is C10H16N2OS. The highest BCUT2D eigenvalue weighted by molar-refractivity contribution is 7.80. The van der Waals surface area contributed by atoms with Crippen molar-refractivity contribution in [1.82, 2.24) is 10.2 Å². The molecule has 0 aromatic carbocycles. The molecular weight excluding hydrogens is 196 g/mol. The van der Waals surface area contributed by atoms with Gasteiger partial charge in [-0.05, 0) is 18.1 Å². The summed E-state index contributed by atoms with van der Waals surface area (Å²) in [5, 5.41) is 3.58. The average Bonchev–Trinajstić information content (AvgIpc) is 2.45. The van der Waals surface area contributed by atoms with Crippen molar-refractivity contribution < 1.29 is 4.79 Å². The molecule has 0 unspecified atom stereocenters. The van der Waals surface area contributed by atoms with E-state index in [0.29, 0.717) is 17.6 Å².